The van der Waals surface area contributed by atoms with Crippen LogP contribution in [-0.2, 0) is 19.2 Å². The molecule has 0 spiro atoms. The largest absolute Gasteiger partial charge is 0.504 e. The lowest BCUT2D eigenvalue weighted by atomic mass is 9.56. The molecule has 11 heteroatoms. The molecule has 2 aromatic rings. The number of hydrogen-bond donors (Lipinski definition) is 1. The van der Waals surface area contributed by atoms with Crippen molar-refractivity contribution in [2.75, 3.05) is 12.0 Å². The number of methoxy groups -OCH3 is 1. The number of phenols is 1. The third kappa shape index (κ3) is 3.87. The summed E-state index contributed by atoms with van der Waals surface area (Å²) in [4.78, 5) is 54.9. The molecule has 1 N–H and O–H groups in total. The fourth-order valence-corrected chi connectivity index (χ4v) is 9.30. The van der Waals surface area contributed by atoms with Crippen molar-refractivity contribution in [3.8, 4) is 11.5 Å². The van der Waals surface area contributed by atoms with Crippen molar-refractivity contribution >= 4 is 52.5 Å². The van der Waals surface area contributed by atoms with Gasteiger partial charge in [-0.05, 0) is 73.6 Å². The van der Waals surface area contributed by atoms with Gasteiger partial charge in [-0.1, -0.05) is 37.0 Å². The van der Waals surface area contributed by atoms with E-state index in [9.17, 15) is 28.7 Å². The molecule has 0 radical (unpaired) electrons. The van der Waals surface area contributed by atoms with Gasteiger partial charge in [0.05, 0.1) is 24.6 Å². The summed E-state index contributed by atoms with van der Waals surface area (Å²) in [6.45, 7) is 0. The van der Waals surface area contributed by atoms with Gasteiger partial charge in [-0.15, -0.1) is 23.2 Å². The molecular weight excluding hydrogens is 610 g/mol. The quantitative estimate of drug-likeness (QED) is 0.271. The minimum Gasteiger partial charge on any atom is -0.504 e. The number of alkyl halides is 2. The third-order valence-corrected chi connectivity index (χ3v) is 11.8. The second-order valence-electron chi connectivity index (χ2n) is 12.5. The molecule has 0 bridgehead atoms. The SMILES string of the molecule is COc1cc([C@H]2C3=CC[C@@H]4C(=O)N(C5CCCCC5)C(=O)[C@@H]4[C@@H]3C[C@@]3(Cl)C(=O)N(c4ccc(F)cc4)C(=O)[C@@]23Cl)ccc1O. The molecule has 44 heavy (non-hydrogen) atoms. The smallest absolute Gasteiger partial charge is 0.258 e. The van der Waals surface area contributed by atoms with E-state index < -0.39 is 51.1 Å². The zero-order chi connectivity index (χ0) is 31.1. The predicted octanol–water partition coefficient (Wildman–Crippen LogP) is 5.44. The molecule has 2 saturated carbocycles. The normalized spacial score (nSPS) is 33.7. The van der Waals surface area contributed by atoms with Gasteiger partial charge in [-0.2, -0.15) is 0 Å². The Bertz CT molecular complexity index is 1620. The number of aromatic hydroxyl groups is 1. The summed E-state index contributed by atoms with van der Waals surface area (Å²) in [6.07, 6.45) is 6.51. The number of benzene rings is 2. The van der Waals surface area contributed by atoms with Crippen molar-refractivity contribution in [1.82, 2.24) is 4.90 Å². The average molecular weight is 642 g/mol. The van der Waals surface area contributed by atoms with Gasteiger partial charge in [0.15, 0.2) is 21.2 Å². The Hall–Kier alpha value is -3.43. The van der Waals surface area contributed by atoms with Crippen LogP contribution < -0.4 is 9.64 Å². The Kier molecular flexibility index (Phi) is 6.86. The van der Waals surface area contributed by atoms with E-state index in [4.69, 9.17) is 27.9 Å². The summed E-state index contributed by atoms with van der Waals surface area (Å²) in [6, 6.07) is 9.29. The van der Waals surface area contributed by atoms with Crippen LogP contribution in [0.15, 0.2) is 54.1 Å². The maximum atomic E-state index is 14.4. The monoisotopic (exact) mass is 640 g/mol. The van der Waals surface area contributed by atoms with E-state index in [1.54, 1.807) is 12.1 Å². The minimum absolute atomic E-state index is 0.114. The predicted molar refractivity (Wildman–Crippen MR) is 160 cm³/mol. The molecule has 2 aliphatic heterocycles. The molecule has 4 amide bonds. The van der Waals surface area contributed by atoms with Crippen LogP contribution in [0.2, 0.25) is 0 Å². The number of halogens is 3. The van der Waals surface area contributed by atoms with Crippen molar-refractivity contribution < 1.29 is 33.4 Å². The third-order valence-electron chi connectivity index (χ3n) is 10.4. The number of carbonyl (C=O) groups excluding carboxylic acids is 4. The van der Waals surface area contributed by atoms with Crippen LogP contribution >= 0.6 is 23.2 Å². The van der Waals surface area contributed by atoms with Crippen molar-refractivity contribution in [2.24, 2.45) is 17.8 Å². The number of ether oxygens (including phenoxy) is 1. The first-order chi connectivity index (χ1) is 21.0. The van der Waals surface area contributed by atoms with E-state index in [0.29, 0.717) is 11.1 Å². The molecule has 6 atom stereocenters. The molecule has 8 nitrogen and oxygen atoms in total. The van der Waals surface area contributed by atoms with E-state index in [1.165, 1.54) is 30.2 Å². The topological polar surface area (TPSA) is 104 Å². The van der Waals surface area contributed by atoms with Crippen LogP contribution in [0.5, 0.6) is 11.5 Å². The van der Waals surface area contributed by atoms with Crippen molar-refractivity contribution in [3.63, 3.8) is 0 Å². The maximum Gasteiger partial charge on any atom is 0.258 e. The van der Waals surface area contributed by atoms with Gasteiger partial charge in [0.2, 0.25) is 11.8 Å². The first-order valence-electron chi connectivity index (χ1n) is 15.0. The number of rotatable bonds is 4. The number of allylic oxidation sites excluding steroid dienone is 2. The van der Waals surface area contributed by atoms with Crippen LogP contribution in [0.4, 0.5) is 10.1 Å². The summed E-state index contributed by atoms with van der Waals surface area (Å²) >= 11 is 14.8. The minimum atomic E-state index is -2.05. The first-order valence-corrected chi connectivity index (χ1v) is 15.7. The second kappa shape index (κ2) is 10.3. The molecule has 3 aliphatic carbocycles. The second-order valence-corrected chi connectivity index (χ2v) is 13.8. The zero-order valence-electron chi connectivity index (χ0n) is 24.0. The lowest BCUT2D eigenvalue weighted by Gasteiger charge is -2.50. The summed E-state index contributed by atoms with van der Waals surface area (Å²) < 4.78 is 19.2. The highest BCUT2D eigenvalue weighted by Gasteiger charge is 2.76. The fraction of sp³-hybridized carbons (Fsp3) is 0.455. The van der Waals surface area contributed by atoms with Gasteiger partial charge in [0.1, 0.15) is 5.82 Å². The van der Waals surface area contributed by atoms with E-state index in [1.807, 2.05) is 6.08 Å². The first kappa shape index (κ1) is 29.3. The van der Waals surface area contributed by atoms with E-state index >= 15 is 0 Å². The number of imide groups is 2. The Morgan fingerprint density at radius 2 is 1.64 bits per heavy atom. The van der Waals surface area contributed by atoms with Gasteiger partial charge in [0.25, 0.3) is 11.8 Å². The number of phenolic OH excluding ortho intramolecular Hbond substituents is 1. The van der Waals surface area contributed by atoms with Crippen LogP contribution in [0.25, 0.3) is 0 Å². The van der Waals surface area contributed by atoms with Crippen LogP contribution in [-0.4, -0.2) is 56.5 Å². The molecule has 4 fully saturated rings. The molecule has 2 heterocycles. The highest BCUT2D eigenvalue weighted by molar-refractivity contribution is 6.58. The number of amides is 4. The highest BCUT2D eigenvalue weighted by atomic mass is 35.5. The van der Waals surface area contributed by atoms with E-state index in [-0.39, 0.29) is 47.9 Å². The Morgan fingerprint density at radius 3 is 2.32 bits per heavy atom. The van der Waals surface area contributed by atoms with Gasteiger partial charge in [0, 0.05) is 12.0 Å². The molecular formula is C33H31Cl2FN2O6. The molecule has 0 unspecified atom stereocenters. The number of carbonyl (C=O) groups is 4. The van der Waals surface area contributed by atoms with Crippen molar-refractivity contribution in [2.45, 2.75) is 66.7 Å². The average Bonchev–Trinajstić information content (AvgIpc) is 3.36. The number of likely N-dealkylation sites (tertiary alicyclic amines) is 1. The summed E-state index contributed by atoms with van der Waals surface area (Å²) in [5.74, 6) is -5.59. The molecule has 5 aliphatic rings. The lowest BCUT2D eigenvalue weighted by Crippen LogP contribution is -2.60. The summed E-state index contributed by atoms with van der Waals surface area (Å²) in [5.41, 5.74) is 1.22. The van der Waals surface area contributed by atoms with Gasteiger partial charge < -0.3 is 9.84 Å². The van der Waals surface area contributed by atoms with E-state index in [2.05, 4.69) is 0 Å². The van der Waals surface area contributed by atoms with Crippen LogP contribution in [0.3, 0.4) is 0 Å². The zero-order valence-corrected chi connectivity index (χ0v) is 25.5. The Labute approximate surface area is 263 Å². The van der Waals surface area contributed by atoms with Crippen molar-refractivity contribution in [3.05, 3.63) is 65.5 Å². The summed E-state index contributed by atoms with van der Waals surface area (Å²) in [5, 5.41) is 10.4. The Balaban J connectivity index is 1.39. The molecule has 230 valence electrons. The van der Waals surface area contributed by atoms with E-state index in [0.717, 1.165) is 49.1 Å². The lowest BCUT2D eigenvalue weighted by molar-refractivity contribution is -0.143. The molecule has 2 aromatic carbocycles. The number of anilines is 1. The van der Waals surface area contributed by atoms with Crippen LogP contribution in [0.1, 0.15) is 56.4 Å². The fourth-order valence-electron chi connectivity index (χ4n) is 8.37. The number of hydrogen-bond acceptors (Lipinski definition) is 6. The van der Waals surface area contributed by atoms with Gasteiger partial charge in [-0.25, -0.2) is 9.29 Å². The molecule has 2 saturated heterocycles. The number of fused-ring (bicyclic) bond motifs is 4. The van der Waals surface area contributed by atoms with Crippen molar-refractivity contribution in [1.29, 1.82) is 0 Å². The van der Waals surface area contributed by atoms with Crippen LogP contribution in [0, 0.1) is 23.6 Å². The van der Waals surface area contributed by atoms with Gasteiger partial charge in [-0.3, -0.25) is 24.1 Å². The Morgan fingerprint density at radius 1 is 0.932 bits per heavy atom. The molecule has 0 aromatic heterocycles. The highest BCUT2D eigenvalue weighted by Crippen LogP contribution is 2.66. The van der Waals surface area contributed by atoms with Gasteiger partial charge >= 0.3 is 0 Å². The molecule has 7 rings (SSSR count). The maximum absolute atomic E-state index is 14.4. The summed E-state index contributed by atoms with van der Waals surface area (Å²) in [7, 11) is 1.39. The standard InChI is InChI=1S/C33H31Cl2FN2O6/c1-44-25-15-17(7-14-24(25)39)27-21-12-13-22-26(29(41)37(28(22)40)19-5-3-2-4-6-19)23(21)16-32(34)30(42)38(31(43)33(27,32)35)20-10-8-18(36)9-11-20/h7-12,14-15,19,22-23,26-27,39H,2-6,13,16H2,1H3/t22-,23+,26-,27-,32+,33-/m0/s1. The number of nitrogens with zero attached hydrogens (tertiary/aromatic N) is 2.